The molecule has 0 radical (unpaired) electrons. The molecule has 0 bridgehead atoms. The molecule has 1 fully saturated rings. The van der Waals surface area contributed by atoms with Crippen LogP contribution in [0.1, 0.15) is 30.4 Å². The number of amides is 1. The Bertz CT molecular complexity index is 495. The fourth-order valence-corrected chi connectivity index (χ4v) is 3.16. The van der Waals surface area contributed by atoms with Gasteiger partial charge >= 0.3 is 0 Å². The van der Waals surface area contributed by atoms with Gasteiger partial charge in [-0.15, -0.1) is 0 Å². The summed E-state index contributed by atoms with van der Waals surface area (Å²) < 4.78 is 5.31. The van der Waals surface area contributed by atoms with E-state index in [4.69, 9.17) is 10.5 Å². The van der Waals surface area contributed by atoms with Gasteiger partial charge < -0.3 is 15.8 Å². The summed E-state index contributed by atoms with van der Waals surface area (Å²) in [7, 11) is 0. The van der Waals surface area contributed by atoms with Crippen LogP contribution in [0.3, 0.4) is 0 Å². The van der Waals surface area contributed by atoms with Gasteiger partial charge in [-0.3, -0.25) is 4.79 Å². The lowest BCUT2D eigenvalue weighted by Crippen LogP contribution is -2.44. The molecule has 108 valence electrons. The molecule has 1 atom stereocenters. The van der Waals surface area contributed by atoms with Crippen LogP contribution in [0, 0.1) is 5.92 Å². The number of nitrogens with two attached hydrogens (primary N) is 1. The van der Waals surface area contributed by atoms with Crippen molar-refractivity contribution in [2.75, 3.05) is 18.5 Å². The third kappa shape index (κ3) is 2.86. The van der Waals surface area contributed by atoms with Gasteiger partial charge in [-0.1, -0.05) is 6.07 Å². The smallest absolute Gasteiger partial charge is 0.241 e. The van der Waals surface area contributed by atoms with Crippen LogP contribution in [0.4, 0.5) is 5.69 Å². The highest BCUT2D eigenvalue weighted by atomic mass is 16.5. The van der Waals surface area contributed by atoms with Gasteiger partial charge in [0.1, 0.15) is 0 Å². The maximum atomic E-state index is 12.2. The van der Waals surface area contributed by atoms with Crippen molar-refractivity contribution in [3.8, 4) is 0 Å². The average molecular weight is 274 g/mol. The summed E-state index contributed by atoms with van der Waals surface area (Å²) in [5.41, 5.74) is 9.74. The van der Waals surface area contributed by atoms with Crippen LogP contribution >= 0.6 is 0 Å². The van der Waals surface area contributed by atoms with Crippen molar-refractivity contribution in [3.05, 3.63) is 29.3 Å². The van der Waals surface area contributed by atoms with E-state index in [-0.39, 0.29) is 11.8 Å². The molecule has 4 heteroatoms. The molecular formula is C16H22N2O2. The van der Waals surface area contributed by atoms with Gasteiger partial charge in [0.2, 0.25) is 5.91 Å². The van der Waals surface area contributed by atoms with E-state index in [1.165, 1.54) is 17.5 Å². The summed E-state index contributed by atoms with van der Waals surface area (Å²) in [5.74, 6) is 0.160. The van der Waals surface area contributed by atoms with E-state index in [1.54, 1.807) is 0 Å². The minimum atomic E-state index is -0.438. The van der Waals surface area contributed by atoms with Crippen LogP contribution in [0.5, 0.6) is 0 Å². The topological polar surface area (TPSA) is 64.4 Å². The monoisotopic (exact) mass is 274 g/mol. The van der Waals surface area contributed by atoms with E-state index in [9.17, 15) is 4.79 Å². The number of carbonyl (C=O) groups excluding carboxylic acids is 1. The number of ether oxygens (including phenoxy) is 1. The highest BCUT2D eigenvalue weighted by Crippen LogP contribution is 2.25. The van der Waals surface area contributed by atoms with Gasteiger partial charge in [0, 0.05) is 18.9 Å². The Labute approximate surface area is 119 Å². The first-order valence-electron chi connectivity index (χ1n) is 7.50. The Morgan fingerprint density at radius 1 is 1.25 bits per heavy atom. The van der Waals surface area contributed by atoms with Crippen molar-refractivity contribution < 1.29 is 9.53 Å². The average Bonchev–Trinajstić information content (AvgIpc) is 2.95. The third-order valence-corrected chi connectivity index (χ3v) is 4.44. The molecule has 1 heterocycles. The predicted molar refractivity (Wildman–Crippen MR) is 78.6 cm³/mol. The minimum Gasteiger partial charge on any atom is -0.381 e. The first-order chi connectivity index (χ1) is 9.74. The molecule has 1 saturated heterocycles. The fraction of sp³-hybridized carbons (Fsp3) is 0.562. The molecular weight excluding hydrogens is 252 g/mol. The lowest BCUT2D eigenvalue weighted by Gasteiger charge is -2.26. The Morgan fingerprint density at radius 2 is 2.00 bits per heavy atom. The van der Waals surface area contributed by atoms with Crippen LogP contribution < -0.4 is 11.1 Å². The normalized spacial score (nSPS) is 20.4. The summed E-state index contributed by atoms with van der Waals surface area (Å²) in [6.45, 7) is 1.43. The second-order valence-corrected chi connectivity index (χ2v) is 5.80. The summed E-state index contributed by atoms with van der Waals surface area (Å²) in [4.78, 5) is 12.2. The largest absolute Gasteiger partial charge is 0.381 e. The van der Waals surface area contributed by atoms with E-state index < -0.39 is 6.04 Å². The van der Waals surface area contributed by atoms with Gasteiger partial charge in [-0.25, -0.2) is 0 Å². The zero-order valence-electron chi connectivity index (χ0n) is 11.7. The first kappa shape index (κ1) is 13.6. The van der Waals surface area contributed by atoms with Gasteiger partial charge in [-0.2, -0.15) is 0 Å². The number of aryl methyl sites for hydroxylation is 2. The minimum absolute atomic E-state index is 0.0742. The number of anilines is 1. The van der Waals surface area contributed by atoms with E-state index in [0.29, 0.717) is 13.2 Å². The van der Waals surface area contributed by atoms with Gasteiger partial charge in [0.15, 0.2) is 0 Å². The van der Waals surface area contributed by atoms with E-state index in [2.05, 4.69) is 17.4 Å². The van der Waals surface area contributed by atoms with Gasteiger partial charge in [0.25, 0.3) is 0 Å². The van der Waals surface area contributed by atoms with Crippen molar-refractivity contribution >= 4 is 11.6 Å². The van der Waals surface area contributed by atoms with Gasteiger partial charge in [0.05, 0.1) is 6.04 Å². The summed E-state index contributed by atoms with van der Waals surface area (Å²) in [5, 5.41) is 2.96. The lowest BCUT2D eigenvalue weighted by atomic mass is 9.92. The van der Waals surface area contributed by atoms with E-state index >= 15 is 0 Å². The molecule has 3 N–H and O–H groups in total. The molecule has 2 aliphatic rings. The fourth-order valence-electron chi connectivity index (χ4n) is 3.16. The standard InChI is InChI=1S/C16H22N2O2/c17-15(12-6-8-20-9-7-12)16(19)18-14-5-4-11-2-1-3-13(11)10-14/h4-5,10,12,15H,1-3,6-9,17H2,(H,18,19). The molecule has 1 amide bonds. The van der Waals surface area contributed by atoms with Crippen LogP contribution in [-0.2, 0) is 22.4 Å². The summed E-state index contributed by atoms with van der Waals surface area (Å²) in [6, 6.07) is 5.76. The summed E-state index contributed by atoms with van der Waals surface area (Å²) >= 11 is 0. The lowest BCUT2D eigenvalue weighted by molar-refractivity contribution is -0.119. The van der Waals surface area contributed by atoms with Gasteiger partial charge in [-0.05, 0) is 61.3 Å². The predicted octanol–water partition coefficient (Wildman–Crippen LogP) is 1.87. The maximum Gasteiger partial charge on any atom is 0.241 e. The first-order valence-corrected chi connectivity index (χ1v) is 7.50. The van der Waals surface area contributed by atoms with Crippen LogP contribution in [-0.4, -0.2) is 25.2 Å². The second-order valence-electron chi connectivity index (χ2n) is 5.80. The molecule has 1 aliphatic carbocycles. The Morgan fingerprint density at radius 3 is 2.80 bits per heavy atom. The van der Waals surface area contributed by atoms with Crippen molar-refractivity contribution in [2.45, 2.75) is 38.1 Å². The molecule has 20 heavy (non-hydrogen) atoms. The number of rotatable bonds is 3. The quantitative estimate of drug-likeness (QED) is 0.884. The molecule has 0 aromatic heterocycles. The van der Waals surface area contributed by atoms with E-state index in [1.807, 2.05) is 6.07 Å². The Hall–Kier alpha value is -1.39. The van der Waals surface area contributed by atoms with Crippen molar-refractivity contribution in [3.63, 3.8) is 0 Å². The number of fused-ring (bicyclic) bond motifs is 1. The number of benzene rings is 1. The zero-order valence-corrected chi connectivity index (χ0v) is 11.7. The molecule has 1 aromatic rings. The molecule has 0 spiro atoms. The number of carbonyl (C=O) groups is 1. The Balaban J connectivity index is 1.63. The maximum absolute atomic E-state index is 12.2. The zero-order chi connectivity index (χ0) is 13.9. The molecule has 1 aliphatic heterocycles. The van der Waals surface area contributed by atoms with Crippen LogP contribution in [0.25, 0.3) is 0 Å². The van der Waals surface area contributed by atoms with Crippen molar-refractivity contribution in [2.24, 2.45) is 11.7 Å². The Kier molecular flexibility index (Phi) is 4.03. The number of hydrogen-bond acceptors (Lipinski definition) is 3. The third-order valence-electron chi connectivity index (χ3n) is 4.44. The SMILES string of the molecule is NC(C(=O)Nc1ccc2c(c1)CCC2)C1CCOCC1. The number of hydrogen-bond donors (Lipinski definition) is 2. The van der Waals surface area contributed by atoms with Crippen LogP contribution in [0.2, 0.25) is 0 Å². The molecule has 1 aromatic carbocycles. The highest BCUT2D eigenvalue weighted by Gasteiger charge is 2.26. The van der Waals surface area contributed by atoms with E-state index in [0.717, 1.165) is 31.4 Å². The van der Waals surface area contributed by atoms with Crippen molar-refractivity contribution in [1.29, 1.82) is 0 Å². The summed E-state index contributed by atoms with van der Waals surface area (Å²) in [6.07, 6.45) is 5.24. The molecule has 3 rings (SSSR count). The molecule has 0 saturated carbocycles. The van der Waals surface area contributed by atoms with Crippen LogP contribution in [0.15, 0.2) is 18.2 Å². The second kappa shape index (κ2) is 5.94. The van der Waals surface area contributed by atoms with Crippen molar-refractivity contribution in [1.82, 2.24) is 0 Å². The molecule has 1 unspecified atom stereocenters. The number of nitrogens with one attached hydrogen (secondary N) is 1. The molecule has 4 nitrogen and oxygen atoms in total. The highest BCUT2D eigenvalue weighted by molar-refractivity contribution is 5.95.